The molecule has 1 aliphatic rings. The average molecular weight is 396 g/mol. The Bertz CT molecular complexity index is 353. The molecule has 1 aromatic carbocycles. The minimum Gasteiger partial charge on any atom is -0.385 e. The largest absolute Gasteiger partial charge is 0.385 e. The third-order valence-corrected chi connectivity index (χ3v) is 5.19. The van der Waals surface area contributed by atoms with Gasteiger partial charge in [0.2, 0.25) is 0 Å². The Morgan fingerprint density at radius 3 is 2.81 bits per heavy atom. The normalized spacial score (nSPS) is 17.4. The summed E-state index contributed by atoms with van der Waals surface area (Å²) in [4.78, 5) is 0. The molecule has 0 aliphatic carbocycles. The van der Waals surface area contributed by atoms with Gasteiger partial charge in [-0.3, -0.25) is 0 Å². The summed E-state index contributed by atoms with van der Waals surface area (Å²) in [7, 11) is 0. The molecule has 0 amide bonds. The molecule has 2 rings (SSSR count). The molecule has 0 unspecified atom stereocenters. The minimum absolute atomic E-state index is 0.756. The van der Waals surface area contributed by atoms with Gasteiger partial charge in [-0.1, -0.05) is 0 Å². The van der Waals surface area contributed by atoms with Crippen LogP contribution in [0.2, 0.25) is 0 Å². The standard InChI is InChI=1S/C12H15BrINO/c13-11-7-10(1-2-12(11)14)15-8-9-3-5-16-6-4-9/h1-2,7,9,15H,3-6,8H2. The van der Waals surface area contributed by atoms with Crippen LogP contribution in [0.3, 0.4) is 0 Å². The van der Waals surface area contributed by atoms with Crippen LogP contribution >= 0.6 is 38.5 Å². The van der Waals surface area contributed by atoms with E-state index in [1.165, 1.54) is 22.1 Å². The number of hydrogen-bond donors (Lipinski definition) is 1. The van der Waals surface area contributed by atoms with Gasteiger partial charge < -0.3 is 10.1 Å². The molecular weight excluding hydrogens is 381 g/mol. The van der Waals surface area contributed by atoms with E-state index in [9.17, 15) is 0 Å². The van der Waals surface area contributed by atoms with Crippen LogP contribution in [-0.2, 0) is 4.74 Å². The van der Waals surface area contributed by atoms with Gasteiger partial charge in [0, 0.05) is 33.5 Å². The number of rotatable bonds is 3. The van der Waals surface area contributed by atoms with Crippen molar-refractivity contribution in [3.63, 3.8) is 0 Å². The molecule has 1 fully saturated rings. The topological polar surface area (TPSA) is 21.3 Å². The Kier molecular flexibility index (Phi) is 4.91. The molecule has 0 saturated carbocycles. The third-order valence-electron chi connectivity index (χ3n) is 2.86. The van der Waals surface area contributed by atoms with Crippen molar-refractivity contribution < 1.29 is 4.74 Å². The molecule has 0 spiro atoms. The molecule has 2 nitrogen and oxygen atoms in total. The van der Waals surface area contributed by atoms with Gasteiger partial charge in [-0.15, -0.1) is 0 Å². The predicted molar refractivity (Wildman–Crippen MR) is 78.9 cm³/mol. The molecule has 1 saturated heterocycles. The van der Waals surface area contributed by atoms with E-state index in [2.05, 4.69) is 62.0 Å². The van der Waals surface area contributed by atoms with Gasteiger partial charge in [0.25, 0.3) is 0 Å². The summed E-state index contributed by atoms with van der Waals surface area (Å²) in [5.41, 5.74) is 1.19. The van der Waals surface area contributed by atoms with Gasteiger partial charge in [-0.2, -0.15) is 0 Å². The SMILES string of the molecule is Brc1cc(NCC2CCOCC2)ccc1I. The maximum absolute atomic E-state index is 5.35. The van der Waals surface area contributed by atoms with Crippen molar-refractivity contribution in [1.82, 2.24) is 0 Å². The lowest BCUT2D eigenvalue weighted by atomic mass is 10.0. The van der Waals surface area contributed by atoms with Crippen molar-refractivity contribution in [2.45, 2.75) is 12.8 Å². The maximum Gasteiger partial charge on any atom is 0.0469 e. The highest BCUT2D eigenvalue weighted by atomic mass is 127. The fourth-order valence-electron chi connectivity index (χ4n) is 1.82. The smallest absolute Gasteiger partial charge is 0.0469 e. The fourth-order valence-corrected chi connectivity index (χ4v) is 2.53. The van der Waals surface area contributed by atoms with Crippen LogP contribution in [-0.4, -0.2) is 19.8 Å². The Hall–Kier alpha value is 0.190. The Balaban J connectivity index is 1.86. The summed E-state index contributed by atoms with van der Waals surface area (Å²) in [6.45, 7) is 2.89. The molecule has 4 heteroatoms. The van der Waals surface area contributed by atoms with Gasteiger partial charge >= 0.3 is 0 Å². The van der Waals surface area contributed by atoms with Crippen molar-refractivity contribution in [3.05, 3.63) is 26.2 Å². The van der Waals surface area contributed by atoms with Crippen LogP contribution in [0, 0.1) is 9.49 Å². The van der Waals surface area contributed by atoms with E-state index in [1.807, 2.05) is 0 Å². The van der Waals surface area contributed by atoms with E-state index in [1.54, 1.807) is 0 Å². The number of benzene rings is 1. The summed E-state index contributed by atoms with van der Waals surface area (Å²) < 4.78 is 7.75. The summed E-state index contributed by atoms with van der Waals surface area (Å²) >= 11 is 5.87. The van der Waals surface area contributed by atoms with E-state index in [0.29, 0.717) is 0 Å². The van der Waals surface area contributed by atoms with Crippen LogP contribution < -0.4 is 5.32 Å². The van der Waals surface area contributed by atoms with E-state index in [4.69, 9.17) is 4.74 Å². The molecule has 1 N–H and O–H groups in total. The summed E-state index contributed by atoms with van der Waals surface area (Å²) in [5.74, 6) is 0.756. The molecule has 0 radical (unpaired) electrons. The van der Waals surface area contributed by atoms with E-state index < -0.39 is 0 Å². The lowest BCUT2D eigenvalue weighted by Crippen LogP contribution is -2.22. The zero-order valence-corrected chi connectivity index (χ0v) is 12.8. The minimum atomic E-state index is 0.756. The first kappa shape index (κ1) is 12.6. The Morgan fingerprint density at radius 2 is 2.12 bits per heavy atom. The first-order valence-electron chi connectivity index (χ1n) is 5.52. The number of ether oxygens (including phenoxy) is 1. The highest BCUT2D eigenvalue weighted by molar-refractivity contribution is 14.1. The average Bonchev–Trinajstić information content (AvgIpc) is 2.32. The number of halogens is 2. The van der Waals surface area contributed by atoms with E-state index in [-0.39, 0.29) is 0 Å². The highest BCUT2D eigenvalue weighted by Gasteiger charge is 2.13. The third kappa shape index (κ3) is 3.60. The highest BCUT2D eigenvalue weighted by Crippen LogP contribution is 2.23. The summed E-state index contributed by atoms with van der Waals surface area (Å²) in [6, 6.07) is 6.39. The molecule has 0 atom stereocenters. The van der Waals surface area contributed by atoms with Crippen molar-refractivity contribution in [2.75, 3.05) is 25.1 Å². The molecule has 0 aromatic heterocycles. The lowest BCUT2D eigenvalue weighted by Gasteiger charge is -2.22. The second-order valence-electron chi connectivity index (χ2n) is 4.07. The van der Waals surface area contributed by atoms with Crippen LogP contribution in [0.15, 0.2) is 22.7 Å². The van der Waals surface area contributed by atoms with Crippen molar-refractivity contribution in [2.24, 2.45) is 5.92 Å². The van der Waals surface area contributed by atoms with Gasteiger partial charge in [0.1, 0.15) is 0 Å². The molecule has 88 valence electrons. The molecular formula is C12H15BrINO. The molecule has 16 heavy (non-hydrogen) atoms. The van der Waals surface area contributed by atoms with Gasteiger partial charge in [0.15, 0.2) is 0 Å². The second-order valence-corrected chi connectivity index (χ2v) is 6.08. The molecule has 1 heterocycles. The van der Waals surface area contributed by atoms with E-state index >= 15 is 0 Å². The predicted octanol–water partition coefficient (Wildman–Crippen LogP) is 3.89. The fraction of sp³-hybridized carbons (Fsp3) is 0.500. The number of anilines is 1. The van der Waals surface area contributed by atoms with E-state index in [0.717, 1.165) is 30.1 Å². The van der Waals surface area contributed by atoms with Crippen molar-refractivity contribution >= 4 is 44.2 Å². The van der Waals surface area contributed by atoms with Gasteiger partial charge in [-0.25, -0.2) is 0 Å². The maximum atomic E-state index is 5.35. The van der Waals surface area contributed by atoms with Crippen LogP contribution in [0.1, 0.15) is 12.8 Å². The first-order chi connectivity index (χ1) is 7.75. The lowest BCUT2D eigenvalue weighted by molar-refractivity contribution is 0.0699. The second kappa shape index (κ2) is 6.21. The molecule has 0 bridgehead atoms. The Labute approximate surface area is 118 Å². The van der Waals surface area contributed by atoms with Crippen LogP contribution in [0.25, 0.3) is 0 Å². The van der Waals surface area contributed by atoms with Crippen molar-refractivity contribution in [3.8, 4) is 0 Å². The zero-order valence-electron chi connectivity index (χ0n) is 9.01. The quantitative estimate of drug-likeness (QED) is 0.784. The molecule has 1 aliphatic heterocycles. The number of nitrogens with one attached hydrogen (secondary N) is 1. The van der Waals surface area contributed by atoms with Gasteiger partial charge in [-0.05, 0) is 75.5 Å². The van der Waals surface area contributed by atoms with Crippen LogP contribution in [0.4, 0.5) is 5.69 Å². The molecule has 1 aromatic rings. The van der Waals surface area contributed by atoms with Crippen molar-refractivity contribution in [1.29, 1.82) is 0 Å². The van der Waals surface area contributed by atoms with Gasteiger partial charge in [0.05, 0.1) is 0 Å². The summed E-state index contributed by atoms with van der Waals surface area (Å²) in [6.07, 6.45) is 2.36. The zero-order chi connectivity index (χ0) is 11.4. The number of hydrogen-bond acceptors (Lipinski definition) is 2. The first-order valence-corrected chi connectivity index (χ1v) is 7.39. The summed E-state index contributed by atoms with van der Waals surface area (Å²) in [5, 5.41) is 3.49. The van der Waals surface area contributed by atoms with Crippen LogP contribution in [0.5, 0.6) is 0 Å². The Morgan fingerprint density at radius 1 is 1.38 bits per heavy atom. The monoisotopic (exact) mass is 395 g/mol.